The predicted octanol–water partition coefficient (Wildman–Crippen LogP) is 2.47. The molecule has 0 bridgehead atoms. The minimum atomic E-state index is -0.501. The highest BCUT2D eigenvalue weighted by molar-refractivity contribution is 6.06. The van der Waals surface area contributed by atoms with Crippen LogP contribution in [-0.4, -0.2) is 61.8 Å². The highest BCUT2D eigenvalue weighted by Crippen LogP contribution is 2.27. The summed E-state index contributed by atoms with van der Waals surface area (Å²) in [5, 5.41) is 5.98. The average Bonchev–Trinajstić information content (AvgIpc) is 3.13. The van der Waals surface area contributed by atoms with Gasteiger partial charge in [0.1, 0.15) is 17.2 Å². The van der Waals surface area contributed by atoms with Crippen LogP contribution in [0.1, 0.15) is 16.1 Å². The molecule has 9 heteroatoms. The first-order chi connectivity index (χ1) is 15.0. The van der Waals surface area contributed by atoms with Crippen molar-refractivity contribution in [2.75, 3.05) is 50.7 Å². The number of carbonyl (C=O) groups excluding carboxylic acids is 1. The lowest BCUT2D eigenvalue weighted by atomic mass is 10.1. The number of fused-ring (bicyclic) bond motifs is 1. The van der Waals surface area contributed by atoms with E-state index in [2.05, 4.69) is 20.5 Å². The molecular formula is C22H26FN5O3. The number of carbonyl (C=O) groups is 1. The summed E-state index contributed by atoms with van der Waals surface area (Å²) < 4.78 is 27.3. The number of nitrogens with zero attached hydrogens (tertiary/aromatic N) is 3. The molecule has 0 aliphatic carbocycles. The van der Waals surface area contributed by atoms with Crippen LogP contribution in [0.2, 0.25) is 0 Å². The van der Waals surface area contributed by atoms with E-state index in [1.54, 1.807) is 29.8 Å². The zero-order valence-corrected chi connectivity index (χ0v) is 17.8. The number of aromatic nitrogens is 2. The van der Waals surface area contributed by atoms with E-state index in [9.17, 15) is 9.18 Å². The Kier molecular flexibility index (Phi) is 6.06. The van der Waals surface area contributed by atoms with Crippen molar-refractivity contribution in [2.24, 2.45) is 0 Å². The van der Waals surface area contributed by atoms with E-state index in [0.29, 0.717) is 18.0 Å². The lowest BCUT2D eigenvalue weighted by molar-refractivity contribution is 0.102. The molecule has 1 fully saturated rings. The van der Waals surface area contributed by atoms with Crippen LogP contribution >= 0.6 is 0 Å². The van der Waals surface area contributed by atoms with E-state index in [1.807, 2.05) is 19.2 Å². The number of hydrogen-bond donors (Lipinski definition) is 2. The van der Waals surface area contributed by atoms with Crippen molar-refractivity contribution in [2.45, 2.75) is 13.0 Å². The number of aryl methyl sites for hydroxylation is 1. The number of nitrogens with one attached hydrogen (secondary N) is 2. The third-order valence-electron chi connectivity index (χ3n) is 5.38. The highest BCUT2D eigenvalue weighted by Gasteiger charge is 2.23. The van der Waals surface area contributed by atoms with Gasteiger partial charge in [0.15, 0.2) is 0 Å². The van der Waals surface area contributed by atoms with E-state index < -0.39 is 11.7 Å². The first-order valence-corrected chi connectivity index (χ1v) is 10.1. The molecule has 2 aromatic heterocycles. The number of imidazole rings is 1. The third kappa shape index (κ3) is 4.33. The zero-order valence-electron chi connectivity index (χ0n) is 17.8. The van der Waals surface area contributed by atoms with Crippen molar-refractivity contribution in [1.82, 2.24) is 14.7 Å². The Morgan fingerprint density at radius 2 is 2.16 bits per heavy atom. The van der Waals surface area contributed by atoms with Gasteiger partial charge in [-0.05, 0) is 25.1 Å². The smallest absolute Gasteiger partial charge is 0.261 e. The van der Waals surface area contributed by atoms with E-state index >= 15 is 0 Å². The summed E-state index contributed by atoms with van der Waals surface area (Å²) in [5.74, 6) is -0.592. The van der Waals surface area contributed by atoms with Crippen molar-refractivity contribution in [3.63, 3.8) is 0 Å². The number of rotatable bonds is 6. The summed E-state index contributed by atoms with van der Waals surface area (Å²) in [6.07, 6.45) is 3.44. The molecule has 1 aliphatic heterocycles. The van der Waals surface area contributed by atoms with Crippen molar-refractivity contribution >= 4 is 22.9 Å². The summed E-state index contributed by atoms with van der Waals surface area (Å²) in [4.78, 5) is 19.4. The second-order valence-electron chi connectivity index (χ2n) is 7.53. The Labute approximate surface area is 180 Å². The molecule has 1 atom stereocenters. The summed E-state index contributed by atoms with van der Waals surface area (Å²) in [7, 11) is 3.14. The standard InChI is InChI=1S/C22H26FN5O3/c1-14-11-27-12-17(20(31-3)9-21(27)25-14)22(29)26-19-5-4-15(8-18(19)23)28-7-6-24-10-16(28)13-30-2/h4-5,8-9,11-12,16,24H,6-7,10,13H2,1-3H3,(H,26,29). The summed E-state index contributed by atoms with van der Waals surface area (Å²) >= 11 is 0. The quantitative estimate of drug-likeness (QED) is 0.629. The molecule has 2 N–H and O–H groups in total. The molecule has 1 amide bonds. The fourth-order valence-corrected chi connectivity index (χ4v) is 3.90. The van der Waals surface area contributed by atoms with Crippen molar-refractivity contribution in [1.29, 1.82) is 0 Å². The maximum absolute atomic E-state index is 14.9. The van der Waals surface area contributed by atoms with Gasteiger partial charge in [0.2, 0.25) is 0 Å². The Morgan fingerprint density at radius 1 is 1.32 bits per heavy atom. The number of pyridine rings is 1. The summed E-state index contributed by atoms with van der Waals surface area (Å²) in [6.45, 7) is 4.75. The largest absolute Gasteiger partial charge is 0.496 e. The molecule has 3 aromatic rings. The van der Waals surface area contributed by atoms with Gasteiger partial charge in [0.05, 0.1) is 36.7 Å². The number of benzene rings is 1. The number of amides is 1. The fourth-order valence-electron chi connectivity index (χ4n) is 3.90. The molecule has 164 valence electrons. The minimum absolute atomic E-state index is 0.108. The Balaban J connectivity index is 1.57. The summed E-state index contributed by atoms with van der Waals surface area (Å²) in [5.41, 5.74) is 2.64. The SMILES string of the molecule is COCC1CNCCN1c1ccc(NC(=O)c2cn3cc(C)nc3cc2OC)c(F)c1. The van der Waals surface area contributed by atoms with E-state index in [0.717, 1.165) is 31.0 Å². The monoisotopic (exact) mass is 427 g/mol. The van der Waals surface area contributed by atoms with Crippen molar-refractivity contribution in [3.05, 3.63) is 53.7 Å². The van der Waals surface area contributed by atoms with Crippen molar-refractivity contribution < 1.29 is 18.7 Å². The maximum Gasteiger partial charge on any atom is 0.261 e. The fraction of sp³-hybridized carbons (Fsp3) is 0.364. The van der Waals surface area contributed by atoms with Crippen molar-refractivity contribution in [3.8, 4) is 5.75 Å². The molecule has 1 aliphatic rings. The molecule has 4 rings (SSSR count). The molecule has 0 saturated carbocycles. The van der Waals surface area contributed by atoms with Crippen LogP contribution < -0.4 is 20.3 Å². The maximum atomic E-state index is 14.9. The van der Waals surface area contributed by atoms with E-state index in [-0.39, 0.29) is 17.3 Å². The van der Waals surface area contributed by atoms with Crippen LogP contribution in [0.25, 0.3) is 5.65 Å². The number of piperazine rings is 1. The topological polar surface area (TPSA) is 80.1 Å². The minimum Gasteiger partial charge on any atom is -0.496 e. The molecule has 0 radical (unpaired) electrons. The molecule has 1 unspecified atom stereocenters. The molecule has 3 heterocycles. The number of methoxy groups -OCH3 is 2. The third-order valence-corrected chi connectivity index (χ3v) is 5.38. The van der Waals surface area contributed by atoms with Gasteiger partial charge in [-0.25, -0.2) is 9.37 Å². The van der Waals surface area contributed by atoms with Crippen LogP contribution in [0, 0.1) is 12.7 Å². The van der Waals surface area contributed by atoms with Crippen LogP contribution in [0.5, 0.6) is 5.75 Å². The number of anilines is 2. The van der Waals surface area contributed by atoms with Gasteiger partial charge in [-0.3, -0.25) is 4.79 Å². The second kappa shape index (κ2) is 8.91. The molecule has 1 aromatic carbocycles. The Morgan fingerprint density at radius 3 is 2.90 bits per heavy atom. The molecule has 0 spiro atoms. The van der Waals surface area contributed by atoms with Gasteiger partial charge in [-0.15, -0.1) is 0 Å². The Bertz CT molecular complexity index is 1100. The predicted molar refractivity (Wildman–Crippen MR) is 117 cm³/mol. The van der Waals surface area contributed by atoms with Gasteiger partial charge in [-0.1, -0.05) is 0 Å². The normalized spacial score (nSPS) is 16.5. The highest BCUT2D eigenvalue weighted by atomic mass is 19.1. The van der Waals surface area contributed by atoms with Gasteiger partial charge < -0.3 is 29.4 Å². The number of hydrogen-bond acceptors (Lipinski definition) is 6. The van der Waals surface area contributed by atoms with Gasteiger partial charge in [-0.2, -0.15) is 0 Å². The van der Waals surface area contributed by atoms with Crippen LogP contribution in [0.15, 0.2) is 36.7 Å². The summed E-state index contributed by atoms with van der Waals surface area (Å²) in [6, 6.07) is 6.64. The number of ether oxygens (including phenoxy) is 2. The number of halogens is 1. The van der Waals surface area contributed by atoms with E-state index in [4.69, 9.17) is 9.47 Å². The second-order valence-corrected chi connectivity index (χ2v) is 7.53. The molecule has 1 saturated heterocycles. The molecule has 31 heavy (non-hydrogen) atoms. The van der Waals surface area contributed by atoms with Gasteiger partial charge in [0.25, 0.3) is 5.91 Å². The van der Waals surface area contributed by atoms with Crippen LogP contribution in [-0.2, 0) is 4.74 Å². The first-order valence-electron chi connectivity index (χ1n) is 10.1. The molecule has 8 nitrogen and oxygen atoms in total. The van der Waals surface area contributed by atoms with E-state index in [1.165, 1.54) is 13.2 Å². The van der Waals surface area contributed by atoms with Gasteiger partial charge >= 0.3 is 0 Å². The zero-order chi connectivity index (χ0) is 22.0. The lowest BCUT2D eigenvalue weighted by Gasteiger charge is -2.37. The van der Waals surface area contributed by atoms with Gasteiger partial charge in [0, 0.05) is 50.9 Å². The molecular weight excluding hydrogens is 401 g/mol. The van der Waals surface area contributed by atoms with Crippen LogP contribution in [0.4, 0.5) is 15.8 Å². The van der Waals surface area contributed by atoms with Crippen LogP contribution in [0.3, 0.4) is 0 Å². The average molecular weight is 427 g/mol. The first kappa shape index (κ1) is 21.1. The lowest BCUT2D eigenvalue weighted by Crippen LogP contribution is -2.53. The Hall–Kier alpha value is -3.17.